The third-order valence-electron chi connectivity index (χ3n) is 2.72. The van der Waals surface area contributed by atoms with Gasteiger partial charge in [0.15, 0.2) is 0 Å². The highest BCUT2D eigenvalue weighted by molar-refractivity contribution is 5.86. The highest BCUT2D eigenvalue weighted by Crippen LogP contribution is 2.30. The molecule has 0 heterocycles. The van der Waals surface area contributed by atoms with E-state index in [4.69, 9.17) is 5.73 Å². The Balaban J connectivity index is 2.29. The zero-order valence-corrected chi connectivity index (χ0v) is 6.99. The minimum absolute atomic E-state index is 0.110. The van der Waals surface area contributed by atoms with Crippen molar-refractivity contribution < 1.29 is 4.79 Å². The van der Waals surface area contributed by atoms with Crippen LogP contribution >= 0.6 is 0 Å². The molecule has 0 aromatic rings. The van der Waals surface area contributed by atoms with Gasteiger partial charge in [0.25, 0.3) is 0 Å². The second-order valence-corrected chi connectivity index (χ2v) is 3.49. The molecule has 0 bridgehead atoms. The lowest BCUT2D eigenvalue weighted by molar-refractivity contribution is -0.122. The summed E-state index contributed by atoms with van der Waals surface area (Å²) in [5.41, 5.74) is 7.04. The first-order chi connectivity index (χ1) is 5.79. The molecule has 64 valence electrons. The molecule has 0 spiro atoms. The average molecular weight is 163 g/mol. The summed E-state index contributed by atoms with van der Waals surface area (Å²) in [5, 5.41) is 0. The Morgan fingerprint density at radius 2 is 2.33 bits per heavy atom. The zero-order valence-electron chi connectivity index (χ0n) is 6.99. The molecule has 0 aromatic heterocycles. The van der Waals surface area contributed by atoms with Gasteiger partial charge < -0.3 is 5.73 Å². The van der Waals surface area contributed by atoms with Gasteiger partial charge in [0.1, 0.15) is 5.78 Å². The quantitative estimate of drug-likeness (QED) is 0.582. The van der Waals surface area contributed by atoms with E-state index in [0.29, 0.717) is 12.2 Å². The number of rotatable bonds is 0. The van der Waals surface area contributed by atoms with Crippen LogP contribution in [0.25, 0.3) is 0 Å². The van der Waals surface area contributed by atoms with Crippen LogP contribution in [0.3, 0.4) is 0 Å². The summed E-state index contributed by atoms with van der Waals surface area (Å²) in [5.74, 6) is 0.478. The normalized spacial score (nSPS) is 34.4. The smallest absolute Gasteiger partial charge is 0.140 e. The first kappa shape index (κ1) is 7.74. The van der Waals surface area contributed by atoms with E-state index >= 15 is 0 Å². The molecule has 2 heteroatoms. The second kappa shape index (κ2) is 2.87. The summed E-state index contributed by atoms with van der Waals surface area (Å²) >= 11 is 0. The molecule has 0 saturated heterocycles. The van der Waals surface area contributed by atoms with Crippen molar-refractivity contribution in [3.63, 3.8) is 0 Å². The van der Waals surface area contributed by atoms with Gasteiger partial charge in [0.2, 0.25) is 0 Å². The summed E-state index contributed by atoms with van der Waals surface area (Å²) in [6, 6.07) is 0.123. The average Bonchev–Trinajstić information content (AvgIpc) is 2.12. The van der Waals surface area contributed by atoms with Crippen LogP contribution in [0.2, 0.25) is 0 Å². The number of Topliss-reactive ketones (excluding diaryl/α,β-unsaturated/α-hetero) is 1. The highest BCUT2D eigenvalue weighted by Gasteiger charge is 2.31. The molecule has 0 aliphatic heterocycles. The van der Waals surface area contributed by atoms with Crippen molar-refractivity contribution >= 4 is 5.78 Å². The van der Waals surface area contributed by atoms with Crippen LogP contribution in [-0.2, 0) is 4.79 Å². The molecule has 2 aliphatic carbocycles. The van der Waals surface area contributed by atoms with E-state index in [0.717, 1.165) is 18.4 Å². The first-order valence-electron chi connectivity index (χ1n) is 4.44. The molecular formula is C10H13NO. The highest BCUT2D eigenvalue weighted by atomic mass is 16.1. The van der Waals surface area contributed by atoms with Crippen molar-refractivity contribution in [1.29, 1.82) is 0 Å². The number of hydrogen-bond donors (Lipinski definition) is 1. The number of carbonyl (C=O) groups is 1. The Kier molecular flexibility index (Phi) is 1.85. The van der Waals surface area contributed by atoms with Gasteiger partial charge >= 0.3 is 0 Å². The fourth-order valence-corrected chi connectivity index (χ4v) is 1.98. The Hall–Kier alpha value is -0.890. The van der Waals surface area contributed by atoms with Crippen molar-refractivity contribution in [3.05, 3.63) is 23.8 Å². The first-order valence-corrected chi connectivity index (χ1v) is 4.44. The predicted molar refractivity (Wildman–Crippen MR) is 47.5 cm³/mol. The van der Waals surface area contributed by atoms with Crippen molar-refractivity contribution in [1.82, 2.24) is 0 Å². The number of fused-ring (bicyclic) bond motifs is 1. The van der Waals surface area contributed by atoms with E-state index in [2.05, 4.69) is 0 Å². The molecule has 2 aliphatic rings. The monoisotopic (exact) mass is 163 g/mol. The molecule has 0 aromatic carbocycles. The number of carbonyl (C=O) groups excluding carboxylic acids is 1. The van der Waals surface area contributed by atoms with Crippen LogP contribution in [0, 0.1) is 5.92 Å². The summed E-state index contributed by atoms with van der Waals surface area (Å²) in [6.45, 7) is 0. The summed E-state index contributed by atoms with van der Waals surface area (Å²) in [6.07, 6.45) is 8.41. The standard InChI is InChI=1S/C10H13NO/c11-9-5-6-10(12)8-4-2-1-3-7(8)9/h1-3,8-9H,4-6,11H2. The van der Waals surface area contributed by atoms with E-state index in [-0.39, 0.29) is 12.0 Å². The van der Waals surface area contributed by atoms with Gasteiger partial charge in [-0.1, -0.05) is 18.2 Å². The minimum Gasteiger partial charge on any atom is -0.324 e. The molecular weight excluding hydrogens is 150 g/mol. The van der Waals surface area contributed by atoms with Crippen LogP contribution in [0.5, 0.6) is 0 Å². The summed E-state index contributed by atoms with van der Waals surface area (Å²) in [4.78, 5) is 11.4. The maximum absolute atomic E-state index is 11.4. The van der Waals surface area contributed by atoms with Crippen LogP contribution < -0.4 is 5.73 Å². The maximum atomic E-state index is 11.4. The zero-order chi connectivity index (χ0) is 8.55. The Bertz CT molecular complexity index is 265. The van der Waals surface area contributed by atoms with Gasteiger partial charge in [-0.15, -0.1) is 0 Å². The van der Waals surface area contributed by atoms with Crippen LogP contribution in [0.1, 0.15) is 19.3 Å². The number of nitrogens with two attached hydrogens (primary N) is 1. The van der Waals surface area contributed by atoms with Gasteiger partial charge in [-0.2, -0.15) is 0 Å². The van der Waals surface area contributed by atoms with Crippen LogP contribution in [-0.4, -0.2) is 11.8 Å². The molecule has 2 atom stereocenters. The van der Waals surface area contributed by atoms with E-state index < -0.39 is 0 Å². The van der Waals surface area contributed by atoms with Gasteiger partial charge in [0.05, 0.1) is 0 Å². The molecule has 1 fully saturated rings. The van der Waals surface area contributed by atoms with E-state index in [1.807, 2.05) is 18.2 Å². The lowest BCUT2D eigenvalue weighted by Gasteiger charge is -2.30. The molecule has 2 rings (SSSR count). The maximum Gasteiger partial charge on any atom is 0.140 e. The van der Waals surface area contributed by atoms with E-state index in [1.165, 1.54) is 0 Å². The number of hydrogen-bond acceptors (Lipinski definition) is 2. The van der Waals surface area contributed by atoms with E-state index in [1.54, 1.807) is 0 Å². The molecule has 1 saturated carbocycles. The van der Waals surface area contributed by atoms with Crippen molar-refractivity contribution in [3.8, 4) is 0 Å². The van der Waals surface area contributed by atoms with Gasteiger partial charge in [-0.05, 0) is 18.4 Å². The second-order valence-electron chi connectivity index (χ2n) is 3.49. The Labute approximate surface area is 72.1 Å². The predicted octanol–water partition coefficient (Wildman–Crippen LogP) is 1.18. The molecule has 2 unspecified atom stereocenters. The molecule has 0 radical (unpaired) electrons. The molecule has 0 amide bonds. The minimum atomic E-state index is 0.110. The van der Waals surface area contributed by atoms with Gasteiger partial charge in [-0.3, -0.25) is 4.79 Å². The van der Waals surface area contributed by atoms with E-state index in [9.17, 15) is 4.79 Å². The van der Waals surface area contributed by atoms with Gasteiger partial charge in [-0.25, -0.2) is 0 Å². The molecule has 2 nitrogen and oxygen atoms in total. The number of allylic oxidation sites excluding steroid dienone is 3. The van der Waals surface area contributed by atoms with Gasteiger partial charge in [0, 0.05) is 18.4 Å². The third kappa shape index (κ3) is 1.12. The topological polar surface area (TPSA) is 43.1 Å². The summed E-state index contributed by atoms with van der Waals surface area (Å²) < 4.78 is 0. The SMILES string of the molecule is NC1CCC(=O)C2CC=CC=C12. The Morgan fingerprint density at radius 3 is 3.08 bits per heavy atom. The fourth-order valence-electron chi connectivity index (χ4n) is 1.98. The fraction of sp³-hybridized carbons (Fsp3) is 0.500. The van der Waals surface area contributed by atoms with Crippen molar-refractivity contribution in [2.24, 2.45) is 11.7 Å². The third-order valence-corrected chi connectivity index (χ3v) is 2.72. The summed E-state index contributed by atoms with van der Waals surface area (Å²) in [7, 11) is 0. The lowest BCUT2D eigenvalue weighted by atomic mass is 9.76. The number of ketones is 1. The van der Waals surface area contributed by atoms with Crippen molar-refractivity contribution in [2.45, 2.75) is 25.3 Å². The molecule has 12 heavy (non-hydrogen) atoms. The molecule has 2 N–H and O–H groups in total. The lowest BCUT2D eigenvalue weighted by Crippen LogP contribution is -2.36. The van der Waals surface area contributed by atoms with Crippen LogP contribution in [0.15, 0.2) is 23.8 Å². The Morgan fingerprint density at radius 1 is 1.50 bits per heavy atom. The largest absolute Gasteiger partial charge is 0.324 e. The van der Waals surface area contributed by atoms with Crippen molar-refractivity contribution in [2.75, 3.05) is 0 Å². The van der Waals surface area contributed by atoms with Crippen LogP contribution in [0.4, 0.5) is 0 Å².